The summed E-state index contributed by atoms with van der Waals surface area (Å²) in [4.78, 5) is 29.4. The minimum absolute atomic E-state index is 0.0656. The predicted octanol–water partition coefficient (Wildman–Crippen LogP) is 5.57. The number of nitrogens with zero attached hydrogens (tertiary/aromatic N) is 2. The van der Waals surface area contributed by atoms with Gasteiger partial charge in [-0.25, -0.2) is 13.2 Å². The lowest BCUT2D eigenvalue weighted by Gasteiger charge is -2.41. The fourth-order valence-electron chi connectivity index (χ4n) is 5.39. The SMILES string of the molecule is CC(=O)N1c2ccc(-c3ccc(S(=O)(=O)CC4CC4)cc3)cc2N(C(=O)OC2CCCCC2)C[C@@H]1C. The van der Waals surface area contributed by atoms with Crippen molar-refractivity contribution in [1.82, 2.24) is 0 Å². The molecule has 0 radical (unpaired) electrons. The predicted molar refractivity (Wildman–Crippen MR) is 140 cm³/mol. The summed E-state index contributed by atoms with van der Waals surface area (Å²) in [6, 6.07) is 12.4. The van der Waals surface area contributed by atoms with Crippen molar-refractivity contribution in [2.24, 2.45) is 5.92 Å². The third-order valence-corrected chi connectivity index (χ3v) is 9.39. The Morgan fingerprint density at radius 3 is 2.22 bits per heavy atom. The Morgan fingerprint density at radius 2 is 1.58 bits per heavy atom. The maximum Gasteiger partial charge on any atom is 0.414 e. The topological polar surface area (TPSA) is 84.0 Å². The highest BCUT2D eigenvalue weighted by molar-refractivity contribution is 7.91. The van der Waals surface area contributed by atoms with Gasteiger partial charge in [0.05, 0.1) is 28.1 Å². The van der Waals surface area contributed by atoms with E-state index in [0.717, 1.165) is 49.7 Å². The molecule has 0 aromatic heterocycles. The largest absolute Gasteiger partial charge is 0.446 e. The van der Waals surface area contributed by atoms with Gasteiger partial charge in [0.1, 0.15) is 6.10 Å². The zero-order valence-corrected chi connectivity index (χ0v) is 21.8. The number of benzene rings is 2. The average Bonchev–Trinajstić information content (AvgIpc) is 3.67. The molecule has 0 spiro atoms. The van der Waals surface area contributed by atoms with Crippen molar-refractivity contribution < 1.29 is 22.7 Å². The molecular weight excluding hydrogens is 476 g/mol. The van der Waals surface area contributed by atoms with E-state index in [1.807, 2.05) is 25.1 Å². The van der Waals surface area contributed by atoms with Crippen molar-refractivity contribution in [1.29, 1.82) is 0 Å². The van der Waals surface area contributed by atoms with E-state index in [-0.39, 0.29) is 29.9 Å². The van der Waals surface area contributed by atoms with Gasteiger partial charge in [-0.05, 0) is 86.8 Å². The molecule has 0 saturated heterocycles. The van der Waals surface area contributed by atoms with Crippen LogP contribution in [0.4, 0.5) is 16.2 Å². The van der Waals surface area contributed by atoms with Gasteiger partial charge in [0, 0.05) is 13.5 Å². The molecule has 0 unspecified atom stereocenters. The number of carbonyl (C=O) groups is 2. The minimum Gasteiger partial charge on any atom is -0.446 e. The number of carbonyl (C=O) groups excluding carboxylic acids is 2. The summed E-state index contributed by atoms with van der Waals surface area (Å²) in [7, 11) is -3.28. The third-order valence-electron chi connectivity index (χ3n) is 7.49. The van der Waals surface area contributed by atoms with E-state index in [9.17, 15) is 18.0 Å². The summed E-state index contributed by atoms with van der Waals surface area (Å²) in [5.74, 6) is 0.422. The van der Waals surface area contributed by atoms with E-state index in [1.165, 1.54) is 13.3 Å². The number of sulfone groups is 1. The number of fused-ring (bicyclic) bond motifs is 1. The Labute approximate surface area is 213 Å². The smallest absolute Gasteiger partial charge is 0.414 e. The molecule has 2 fully saturated rings. The van der Waals surface area contributed by atoms with Crippen LogP contribution in [0.25, 0.3) is 11.1 Å². The maximum atomic E-state index is 13.3. The molecule has 36 heavy (non-hydrogen) atoms. The highest BCUT2D eigenvalue weighted by Gasteiger charge is 2.35. The second-order valence-corrected chi connectivity index (χ2v) is 12.5. The number of hydrogen-bond acceptors (Lipinski definition) is 5. The van der Waals surface area contributed by atoms with Crippen LogP contribution in [0.15, 0.2) is 47.4 Å². The van der Waals surface area contributed by atoms with Crippen LogP contribution < -0.4 is 9.80 Å². The lowest BCUT2D eigenvalue weighted by Crippen LogP contribution is -2.52. The second-order valence-electron chi connectivity index (χ2n) is 10.4. The number of ether oxygens (including phenoxy) is 1. The van der Waals surface area contributed by atoms with E-state index in [4.69, 9.17) is 4.74 Å². The summed E-state index contributed by atoms with van der Waals surface area (Å²) in [5, 5.41) is 0. The lowest BCUT2D eigenvalue weighted by molar-refractivity contribution is -0.117. The molecule has 2 aromatic carbocycles. The van der Waals surface area contributed by atoms with Crippen LogP contribution >= 0.6 is 0 Å². The number of amides is 2. The van der Waals surface area contributed by atoms with Crippen LogP contribution in [0.1, 0.15) is 58.8 Å². The summed E-state index contributed by atoms with van der Waals surface area (Å²) in [6.07, 6.45) is 6.62. The Bertz CT molecular complexity index is 1250. The van der Waals surface area contributed by atoms with Crippen molar-refractivity contribution in [2.75, 3.05) is 22.1 Å². The molecule has 192 valence electrons. The standard InChI is InChI=1S/C28H34N2O5S/c1-19-17-29(28(32)35-24-6-4-3-5-7-24)27-16-23(12-15-26(27)30(19)20(2)31)22-10-13-25(14-11-22)36(33,34)18-21-8-9-21/h10-16,19,21,24H,3-9,17-18H2,1-2H3/t19-/m0/s1. The zero-order chi connectivity index (χ0) is 25.4. The zero-order valence-electron chi connectivity index (χ0n) is 21.0. The fourth-order valence-corrected chi connectivity index (χ4v) is 7.09. The minimum atomic E-state index is -3.28. The first-order chi connectivity index (χ1) is 17.2. The molecule has 1 atom stereocenters. The van der Waals surface area contributed by atoms with Gasteiger partial charge in [0.25, 0.3) is 0 Å². The van der Waals surface area contributed by atoms with Crippen LogP contribution in [-0.2, 0) is 19.4 Å². The first kappa shape index (κ1) is 24.8. The van der Waals surface area contributed by atoms with Gasteiger partial charge in [-0.1, -0.05) is 24.6 Å². The maximum absolute atomic E-state index is 13.3. The Kier molecular flexibility index (Phi) is 6.81. The quantitative estimate of drug-likeness (QED) is 0.525. The fraction of sp³-hybridized carbons (Fsp3) is 0.500. The highest BCUT2D eigenvalue weighted by atomic mass is 32.2. The molecule has 2 aromatic rings. The van der Waals surface area contributed by atoms with E-state index in [1.54, 1.807) is 34.1 Å². The molecule has 0 N–H and O–H groups in total. The Balaban J connectivity index is 1.45. The van der Waals surface area contributed by atoms with Crippen LogP contribution in [-0.4, -0.2) is 44.9 Å². The molecule has 3 aliphatic rings. The van der Waals surface area contributed by atoms with Gasteiger partial charge >= 0.3 is 6.09 Å². The van der Waals surface area contributed by atoms with Crippen LogP contribution in [0, 0.1) is 5.92 Å². The molecule has 1 aliphatic heterocycles. The van der Waals surface area contributed by atoms with Crippen molar-refractivity contribution in [3.05, 3.63) is 42.5 Å². The molecule has 2 amide bonds. The normalized spacial score (nSPS) is 20.7. The number of hydrogen-bond donors (Lipinski definition) is 0. The van der Waals surface area contributed by atoms with E-state index in [2.05, 4.69) is 0 Å². The van der Waals surface area contributed by atoms with Gasteiger partial charge in [-0.2, -0.15) is 0 Å². The molecule has 1 heterocycles. The third kappa shape index (κ3) is 5.14. The first-order valence-electron chi connectivity index (χ1n) is 13.0. The van der Waals surface area contributed by atoms with Crippen LogP contribution in [0.5, 0.6) is 0 Å². The molecule has 5 rings (SSSR count). The highest BCUT2D eigenvalue weighted by Crippen LogP contribution is 2.40. The van der Waals surface area contributed by atoms with Crippen molar-refractivity contribution in [3.63, 3.8) is 0 Å². The van der Waals surface area contributed by atoms with Gasteiger partial charge in [-0.3, -0.25) is 9.69 Å². The van der Waals surface area contributed by atoms with Gasteiger partial charge in [0.2, 0.25) is 5.91 Å². The van der Waals surface area contributed by atoms with Crippen molar-refractivity contribution >= 4 is 33.2 Å². The molecule has 7 nitrogen and oxygen atoms in total. The molecule has 8 heteroatoms. The van der Waals surface area contributed by atoms with Gasteiger partial charge in [-0.15, -0.1) is 0 Å². The summed E-state index contributed by atoms with van der Waals surface area (Å²) < 4.78 is 31.2. The first-order valence-corrected chi connectivity index (χ1v) is 14.6. The molecule has 2 saturated carbocycles. The van der Waals surface area contributed by atoms with E-state index < -0.39 is 9.84 Å². The van der Waals surface area contributed by atoms with Crippen molar-refractivity contribution in [3.8, 4) is 11.1 Å². The van der Waals surface area contributed by atoms with E-state index in [0.29, 0.717) is 28.7 Å². The van der Waals surface area contributed by atoms with Gasteiger partial charge < -0.3 is 9.64 Å². The summed E-state index contributed by atoms with van der Waals surface area (Å²) >= 11 is 0. The van der Waals surface area contributed by atoms with E-state index >= 15 is 0 Å². The monoisotopic (exact) mass is 510 g/mol. The van der Waals surface area contributed by atoms with Gasteiger partial charge in [0.15, 0.2) is 9.84 Å². The van der Waals surface area contributed by atoms with Crippen LogP contribution in [0.3, 0.4) is 0 Å². The number of anilines is 2. The Morgan fingerprint density at radius 1 is 0.917 bits per heavy atom. The second kappa shape index (κ2) is 9.88. The molecule has 0 bridgehead atoms. The summed E-state index contributed by atoms with van der Waals surface area (Å²) in [5.41, 5.74) is 2.99. The lowest BCUT2D eigenvalue weighted by atomic mass is 9.98. The average molecular weight is 511 g/mol. The van der Waals surface area contributed by atoms with Crippen molar-refractivity contribution in [2.45, 2.75) is 75.8 Å². The van der Waals surface area contributed by atoms with Crippen LogP contribution in [0.2, 0.25) is 0 Å². The number of rotatable bonds is 5. The molecular formula is C28H34N2O5S. The summed E-state index contributed by atoms with van der Waals surface area (Å²) in [6.45, 7) is 3.81. The molecule has 2 aliphatic carbocycles. The Hall–Kier alpha value is -2.87.